The molecule has 0 fully saturated rings. The molecule has 0 aliphatic heterocycles. The average Bonchev–Trinajstić information content (AvgIpc) is 1.37. The first kappa shape index (κ1) is 9.87. The van der Waals surface area contributed by atoms with Crippen molar-refractivity contribution in [1.82, 2.24) is 0 Å². The third-order valence-corrected chi connectivity index (χ3v) is 1.93. The Morgan fingerprint density at radius 2 is 1.20 bits per heavy atom. The van der Waals surface area contributed by atoms with E-state index in [1.54, 1.807) is 0 Å². The molecule has 0 aromatic carbocycles. The van der Waals surface area contributed by atoms with Crippen LogP contribution in [0.5, 0.6) is 0 Å². The van der Waals surface area contributed by atoms with Crippen LogP contribution in [0.4, 0.5) is 0 Å². The predicted octanol–water partition coefficient (Wildman–Crippen LogP) is 1.40. The summed E-state index contributed by atoms with van der Waals surface area (Å²) in [4.78, 5) is 0. The number of rotatable bonds is 1. The highest BCUT2D eigenvalue weighted by Gasteiger charge is 1.60. The van der Waals surface area contributed by atoms with E-state index >= 15 is 0 Å². The highest BCUT2D eigenvalue weighted by molar-refractivity contribution is 9.11. The predicted molar refractivity (Wildman–Crippen MR) is 33.3 cm³/mol. The average molecular weight is 212 g/mol. The van der Waals surface area contributed by atoms with E-state index in [0.29, 0.717) is 0 Å². The second-order valence-electron chi connectivity index (χ2n) is 0.378. The van der Waals surface area contributed by atoms with E-state index in [9.17, 15) is 0 Å². The first-order valence-corrected chi connectivity index (χ1v) is 3.28. The molecule has 0 spiro atoms. The zero-order valence-electron chi connectivity index (χ0n) is 2.88. The highest BCUT2D eigenvalue weighted by atomic mass is 79.9. The maximum Gasteiger partial charge on any atom is 0.0129 e. The molecule has 5 heavy (non-hydrogen) atoms. The van der Waals surface area contributed by atoms with Gasteiger partial charge in [0.05, 0.1) is 0 Å². The van der Waals surface area contributed by atoms with Gasteiger partial charge in [-0.25, -0.2) is 0 Å². The maximum absolute atomic E-state index is 3.20. The van der Waals surface area contributed by atoms with Crippen LogP contribution in [0.2, 0.25) is 0 Å². The van der Waals surface area contributed by atoms with E-state index in [4.69, 9.17) is 0 Å². The molecule has 0 unspecified atom stereocenters. The Balaban J connectivity index is 0. The highest BCUT2D eigenvalue weighted by Crippen LogP contribution is 1.82. The molecule has 0 nitrogen and oxygen atoms in total. The first-order chi connectivity index (χ1) is 1.91. The van der Waals surface area contributed by atoms with Crippen molar-refractivity contribution in [3.05, 3.63) is 0 Å². The lowest BCUT2D eigenvalue weighted by Crippen LogP contribution is -1.61. The fourth-order valence-electron chi connectivity index (χ4n) is 0. The minimum atomic E-state index is 0. The van der Waals surface area contributed by atoms with Crippen LogP contribution in [-0.2, 0) is 0 Å². The van der Waals surface area contributed by atoms with Gasteiger partial charge < -0.3 is 0 Å². The van der Waals surface area contributed by atoms with Crippen molar-refractivity contribution in [3.8, 4) is 0 Å². The maximum atomic E-state index is 3.20. The van der Waals surface area contributed by atoms with Gasteiger partial charge >= 0.3 is 0 Å². The summed E-state index contributed by atoms with van der Waals surface area (Å²) in [6.07, 6.45) is 0. The molecular weight excluding hydrogens is 208 g/mol. The minimum absolute atomic E-state index is 0. The van der Waals surface area contributed by atoms with Gasteiger partial charge in [0.15, 0.2) is 0 Å². The molecule has 0 aromatic heterocycles. The van der Waals surface area contributed by atoms with Crippen LogP contribution < -0.4 is 0 Å². The van der Waals surface area contributed by atoms with Crippen LogP contribution in [0.25, 0.3) is 0 Å². The lowest BCUT2D eigenvalue weighted by atomic mass is 11.0. The Labute approximate surface area is 65.1 Å². The van der Waals surface area contributed by atoms with Gasteiger partial charge in [-0.15, -0.1) is 0 Å². The summed E-state index contributed by atoms with van der Waals surface area (Å²) in [5.41, 5.74) is 0. The smallest absolute Gasteiger partial charge is 0.0129 e. The molecule has 0 atom stereocenters. The van der Waals surface area contributed by atoms with E-state index in [0.717, 1.165) is 10.7 Å². The topological polar surface area (TPSA) is 0 Å². The Bertz CT molecular complexity index is 9.61. The number of hydrogen-bond acceptors (Lipinski definition) is 0. The number of alkyl halides is 2. The van der Waals surface area contributed by atoms with Crippen molar-refractivity contribution in [2.45, 2.75) is 0 Å². The molecule has 0 amide bonds. The third kappa shape index (κ3) is 10.7. The lowest BCUT2D eigenvalue weighted by molar-refractivity contribution is 1.62. The van der Waals surface area contributed by atoms with E-state index in [1.807, 2.05) is 0 Å². The zero-order valence-corrected chi connectivity index (χ0v) is 7.46. The van der Waals surface area contributed by atoms with Crippen LogP contribution in [0, 0.1) is 0 Å². The Kier molecular flexibility index (Phi) is 18.2. The van der Waals surface area contributed by atoms with Gasteiger partial charge in [0.1, 0.15) is 0 Å². The molecular formula is C2H4Br2Mg. The summed E-state index contributed by atoms with van der Waals surface area (Å²) in [5.74, 6) is 0. The van der Waals surface area contributed by atoms with Crippen molar-refractivity contribution in [3.63, 3.8) is 0 Å². The zero-order chi connectivity index (χ0) is 3.41. The molecule has 28 valence electrons. The SMILES string of the molecule is BrCCBr.[Mg]. The molecule has 0 rings (SSSR count). The Morgan fingerprint density at radius 3 is 1.20 bits per heavy atom. The van der Waals surface area contributed by atoms with Crippen molar-refractivity contribution in [1.29, 1.82) is 0 Å². The molecule has 0 bridgehead atoms. The van der Waals surface area contributed by atoms with Gasteiger partial charge in [-0.1, -0.05) is 31.9 Å². The molecule has 0 heterocycles. The van der Waals surface area contributed by atoms with Gasteiger partial charge in [-0.2, -0.15) is 0 Å². The normalized spacial score (nSPS) is 6.00. The molecule has 0 aromatic rings. The summed E-state index contributed by atoms with van der Waals surface area (Å²) in [6.45, 7) is 0. The van der Waals surface area contributed by atoms with Crippen molar-refractivity contribution in [2.24, 2.45) is 0 Å². The third-order valence-electron chi connectivity index (χ3n) is 0.0714. The minimum Gasteiger partial charge on any atom is -0.0919 e. The monoisotopic (exact) mass is 210 g/mol. The molecule has 0 N–H and O–H groups in total. The summed E-state index contributed by atoms with van der Waals surface area (Å²) in [5, 5.41) is 2.10. The van der Waals surface area contributed by atoms with Crippen LogP contribution >= 0.6 is 31.9 Å². The lowest BCUT2D eigenvalue weighted by Gasteiger charge is -1.63. The molecule has 0 aliphatic rings. The summed E-state index contributed by atoms with van der Waals surface area (Å²) in [7, 11) is 0. The fourth-order valence-corrected chi connectivity index (χ4v) is 0. The van der Waals surface area contributed by atoms with E-state index in [1.165, 1.54) is 0 Å². The molecule has 0 aliphatic carbocycles. The van der Waals surface area contributed by atoms with Gasteiger partial charge in [-0.05, 0) is 0 Å². The van der Waals surface area contributed by atoms with Crippen molar-refractivity contribution >= 4 is 54.9 Å². The van der Waals surface area contributed by atoms with Crippen LogP contribution in [0.15, 0.2) is 0 Å². The summed E-state index contributed by atoms with van der Waals surface area (Å²) >= 11 is 6.40. The van der Waals surface area contributed by atoms with Crippen LogP contribution in [0.3, 0.4) is 0 Å². The van der Waals surface area contributed by atoms with Gasteiger partial charge in [0.2, 0.25) is 0 Å². The second kappa shape index (κ2) is 9.21. The van der Waals surface area contributed by atoms with E-state index < -0.39 is 0 Å². The number of halogens is 2. The Morgan fingerprint density at radius 1 is 1.00 bits per heavy atom. The largest absolute Gasteiger partial charge is 0.0919 e. The molecule has 0 saturated heterocycles. The molecule has 0 saturated carbocycles. The quantitative estimate of drug-likeness (QED) is 0.455. The van der Waals surface area contributed by atoms with E-state index in [2.05, 4.69) is 31.9 Å². The van der Waals surface area contributed by atoms with E-state index in [-0.39, 0.29) is 23.1 Å². The fraction of sp³-hybridized carbons (Fsp3) is 1.00. The molecule has 3 heteroatoms. The van der Waals surface area contributed by atoms with Gasteiger partial charge in [0.25, 0.3) is 0 Å². The standard InChI is InChI=1S/C2H4Br2.Mg/c3-1-2-4;/h1-2H2;. The number of hydrogen-bond donors (Lipinski definition) is 0. The summed E-state index contributed by atoms with van der Waals surface area (Å²) < 4.78 is 0. The van der Waals surface area contributed by atoms with Crippen molar-refractivity contribution < 1.29 is 0 Å². The summed E-state index contributed by atoms with van der Waals surface area (Å²) in [6, 6.07) is 0. The van der Waals surface area contributed by atoms with Gasteiger partial charge in [-0.3, -0.25) is 0 Å². The van der Waals surface area contributed by atoms with Crippen molar-refractivity contribution in [2.75, 3.05) is 10.7 Å². The molecule has 2 radical (unpaired) electrons. The van der Waals surface area contributed by atoms with Gasteiger partial charge in [0, 0.05) is 33.7 Å². The first-order valence-electron chi connectivity index (χ1n) is 1.03. The van der Waals surface area contributed by atoms with Crippen LogP contribution in [-0.4, -0.2) is 33.7 Å². The Hall–Kier alpha value is 1.73. The second-order valence-corrected chi connectivity index (χ2v) is 1.96. The van der Waals surface area contributed by atoms with Crippen LogP contribution in [0.1, 0.15) is 0 Å².